The third-order valence-corrected chi connectivity index (χ3v) is 4.30. The Kier molecular flexibility index (Phi) is 4.05. The summed E-state index contributed by atoms with van der Waals surface area (Å²) in [6.07, 6.45) is 0. The zero-order chi connectivity index (χ0) is 18.1. The lowest BCUT2D eigenvalue weighted by molar-refractivity contribution is 0.102. The summed E-state index contributed by atoms with van der Waals surface area (Å²) in [7, 11) is 0. The number of fused-ring (bicyclic) bond motifs is 1. The third kappa shape index (κ3) is 3.11. The predicted octanol–water partition coefficient (Wildman–Crippen LogP) is 4.78. The molecular weight excluding hydrogens is 333 g/mol. The molecule has 3 aromatic carbocycles. The van der Waals surface area contributed by atoms with E-state index < -0.39 is 0 Å². The van der Waals surface area contributed by atoms with Gasteiger partial charge in [-0.25, -0.2) is 4.39 Å². The van der Waals surface area contributed by atoms with Crippen molar-refractivity contribution in [1.82, 2.24) is 0 Å². The predicted molar refractivity (Wildman–Crippen MR) is 97.1 cm³/mol. The molecule has 0 radical (unpaired) electrons. The third-order valence-electron chi connectivity index (χ3n) is 4.30. The minimum Gasteiger partial charge on any atom is -0.454 e. The second-order valence-electron chi connectivity index (χ2n) is 6.06. The minimum atomic E-state index is -0.373. The van der Waals surface area contributed by atoms with Gasteiger partial charge in [-0.2, -0.15) is 0 Å². The summed E-state index contributed by atoms with van der Waals surface area (Å²) in [6, 6.07) is 17.0. The molecule has 4 nitrogen and oxygen atoms in total. The largest absolute Gasteiger partial charge is 0.454 e. The lowest BCUT2D eigenvalue weighted by atomic mass is 10.0. The van der Waals surface area contributed by atoms with Gasteiger partial charge in [0.1, 0.15) is 5.82 Å². The van der Waals surface area contributed by atoms with Crippen molar-refractivity contribution in [2.45, 2.75) is 6.92 Å². The van der Waals surface area contributed by atoms with Crippen LogP contribution in [0.1, 0.15) is 15.9 Å². The van der Waals surface area contributed by atoms with E-state index in [2.05, 4.69) is 5.32 Å². The number of benzene rings is 3. The monoisotopic (exact) mass is 349 g/mol. The molecule has 0 spiro atoms. The SMILES string of the molecule is Cc1ccc(-c2ccc3c(c2)OCO3)cc1NC(=O)c1ccc(F)cc1. The van der Waals surface area contributed by atoms with Crippen LogP contribution in [-0.4, -0.2) is 12.7 Å². The second-order valence-corrected chi connectivity index (χ2v) is 6.06. The number of anilines is 1. The van der Waals surface area contributed by atoms with E-state index in [4.69, 9.17) is 9.47 Å². The number of aryl methyl sites for hydroxylation is 1. The zero-order valence-electron chi connectivity index (χ0n) is 14.1. The van der Waals surface area contributed by atoms with E-state index in [0.717, 1.165) is 22.4 Å². The summed E-state index contributed by atoms with van der Waals surface area (Å²) in [4.78, 5) is 12.4. The summed E-state index contributed by atoms with van der Waals surface area (Å²) in [5, 5.41) is 2.89. The van der Waals surface area contributed by atoms with Crippen molar-refractivity contribution in [3.05, 3.63) is 77.6 Å². The van der Waals surface area contributed by atoms with Crippen LogP contribution < -0.4 is 14.8 Å². The summed E-state index contributed by atoms with van der Waals surface area (Å²) in [5.74, 6) is 0.782. The van der Waals surface area contributed by atoms with Crippen molar-refractivity contribution in [2.75, 3.05) is 12.1 Å². The standard InChI is InChI=1S/C21H16FNO3/c1-13-2-3-15(16-6-9-19-20(11-16)26-12-25-19)10-18(13)23-21(24)14-4-7-17(22)8-5-14/h2-11H,12H2,1H3,(H,23,24). The molecule has 5 heteroatoms. The fourth-order valence-corrected chi connectivity index (χ4v) is 2.81. The normalized spacial score (nSPS) is 12.1. The van der Waals surface area contributed by atoms with Gasteiger partial charge in [0.05, 0.1) is 0 Å². The van der Waals surface area contributed by atoms with Crippen LogP contribution in [0.25, 0.3) is 11.1 Å². The summed E-state index contributed by atoms with van der Waals surface area (Å²) >= 11 is 0. The second kappa shape index (κ2) is 6.52. The van der Waals surface area contributed by atoms with Gasteiger partial charge >= 0.3 is 0 Å². The molecule has 0 fully saturated rings. The maximum absolute atomic E-state index is 13.0. The van der Waals surface area contributed by atoms with Crippen LogP contribution in [-0.2, 0) is 0 Å². The van der Waals surface area contributed by atoms with Gasteiger partial charge in [-0.3, -0.25) is 4.79 Å². The highest BCUT2D eigenvalue weighted by Gasteiger charge is 2.15. The fraction of sp³-hybridized carbons (Fsp3) is 0.0952. The van der Waals surface area contributed by atoms with Crippen LogP contribution in [0.15, 0.2) is 60.7 Å². The maximum Gasteiger partial charge on any atom is 0.255 e. The quantitative estimate of drug-likeness (QED) is 0.740. The van der Waals surface area contributed by atoms with E-state index in [1.807, 2.05) is 43.3 Å². The number of amides is 1. The van der Waals surface area contributed by atoms with Gasteiger partial charge in [-0.05, 0) is 66.1 Å². The van der Waals surface area contributed by atoms with E-state index >= 15 is 0 Å². The van der Waals surface area contributed by atoms with Crippen molar-refractivity contribution in [1.29, 1.82) is 0 Å². The topological polar surface area (TPSA) is 47.6 Å². The van der Waals surface area contributed by atoms with Gasteiger partial charge < -0.3 is 14.8 Å². The highest BCUT2D eigenvalue weighted by molar-refractivity contribution is 6.04. The fourth-order valence-electron chi connectivity index (χ4n) is 2.81. The molecule has 1 heterocycles. The van der Waals surface area contributed by atoms with Gasteiger partial charge in [0, 0.05) is 11.3 Å². The molecule has 1 amide bonds. The molecule has 130 valence electrons. The first-order valence-electron chi connectivity index (χ1n) is 8.18. The van der Waals surface area contributed by atoms with E-state index in [-0.39, 0.29) is 18.5 Å². The zero-order valence-corrected chi connectivity index (χ0v) is 14.1. The molecule has 1 N–H and O–H groups in total. The van der Waals surface area contributed by atoms with E-state index in [1.165, 1.54) is 24.3 Å². The van der Waals surface area contributed by atoms with Crippen LogP contribution >= 0.6 is 0 Å². The van der Waals surface area contributed by atoms with E-state index in [1.54, 1.807) is 0 Å². The van der Waals surface area contributed by atoms with Crippen molar-refractivity contribution in [3.63, 3.8) is 0 Å². The van der Waals surface area contributed by atoms with Gasteiger partial charge in [0.25, 0.3) is 5.91 Å². The molecule has 1 aliphatic heterocycles. The Bertz CT molecular complexity index is 983. The summed E-state index contributed by atoms with van der Waals surface area (Å²) < 4.78 is 23.8. The Morgan fingerprint density at radius 1 is 0.923 bits per heavy atom. The number of hydrogen-bond acceptors (Lipinski definition) is 3. The Morgan fingerprint density at radius 3 is 2.42 bits per heavy atom. The maximum atomic E-state index is 13.0. The summed E-state index contributed by atoms with van der Waals surface area (Å²) in [6.45, 7) is 2.15. The lowest BCUT2D eigenvalue weighted by Gasteiger charge is -2.11. The molecule has 3 aromatic rings. The van der Waals surface area contributed by atoms with Gasteiger partial charge in [0.2, 0.25) is 6.79 Å². The van der Waals surface area contributed by atoms with Crippen molar-refractivity contribution >= 4 is 11.6 Å². The van der Waals surface area contributed by atoms with Crippen LogP contribution in [0, 0.1) is 12.7 Å². The number of ether oxygens (including phenoxy) is 2. The first-order valence-corrected chi connectivity index (χ1v) is 8.18. The Labute approximate surface area is 150 Å². The van der Waals surface area contributed by atoms with Crippen molar-refractivity contribution < 1.29 is 18.7 Å². The Hall–Kier alpha value is -3.34. The highest BCUT2D eigenvalue weighted by atomic mass is 19.1. The van der Waals surface area contributed by atoms with Crippen molar-refractivity contribution in [2.24, 2.45) is 0 Å². The number of nitrogens with one attached hydrogen (secondary N) is 1. The molecule has 0 atom stereocenters. The molecule has 4 rings (SSSR count). The number of carbonyl (C=O) groups is 1. The van der Waals surface area contributed by atoms with Crippen LogP contribution in [0.5, 0.6) is 11.5 Å². The van der Waals surface area contributed by atoms with Crippen LogP contribution in [0.2, 0.25) is 0 Å². The molecule has 26 heavy (non-hydrogen) atoms. The molecule has 0 bridgehead atoms. The smallest absolute Gasteiger partial charge is 0.255 e. The number of halogens is 1. The molecule has 1 aliphatic rings. The lowest BCUT2D eigenvalue weighted by Crippen LogP contribution is -2.12. The average molecular weight is 349 g/mol. The summed E-state index contributed by atoms with van der Waals surface area (Å²) in [5.41, 5.74) is 3.95. The van der Waals surface area contributed by atoms with Gasteiger partial charge in [0.15, 0.2) is 11.5 Å². The molecule has 0 aliphatic carbocycles. The van der Waals surface area contributed by atoms with E-state index in [9.17, 15) is 9.18 Å². The van der Waals surface area contributed by atoms with Crippen LogP contribution in [0.3, 0.4) is 0 Å². The number of hydrogen-bond donors (Lipinski definition) is 1. The Morgan fingerprint density at radius 2 is 1.62 bits per heavy atom. The molecule has 0 saturated carbocycles. The minimum absolute atomic E-state index is 0.228. The Balaban J connectivity index is 1.62. The molecular formula is C21H16FNO3. The van der Waals surface area contributed by atoms with Crippen LogP contribution in [0.4, 0.5) is 10.1 Å². The molecule has 0 aromatic heterocycles. The number of carbonyl (C=O) groups excluding carboxylic acids is 1. The highest BCUT2D eigenvalue weighted by Crippen LogP contribution is 2.36. The molecule has 0 saturated heterocycles. The van der Waals surface area contributed by atoms with Gasteiger partial charge in [-0.15, -0.1) is 0 Å². The van der Waals surface area contributed by atoms with E-state index in [0.29, 0.717) is 17.0 Å². The number of rotatable bonds is 3. The first-order chi connectivity index (χ1) is 12.6. The molecule has 0 unspecified atom stereocenters. The van der Waals surface area contributed by atoms with Gasteiger partial charge in [-0.1, -0.05) is 18.2 Å². The van der Waals surface area contributed by atoms with Crippen molar-refractivity contribution in [3.8, 4) is 22.6 Å². The first kappa shape index (κ1) is 16.1. The average Bonchev–Trinajstić information content (AvgIpc) is 3.12.